The van der Waals surface area contributed by atoms with Crippen LogP contribution < -0.4 is 5.73 Å². The van der Waals surface area contributed by atoms with E-state index in [-0.39, 0.29) is 6.04 Å². The Hall–Kier alpha value is -1.79. The van der Waals surface area contributed by atoms with Crippen molar-refractivity contribution in [1.82, 2.24) is 15.1 Å². The zero-order valence-electron chi connectivity index (χ0n) is 11.9. The third-order valence-corrected chi connectivity index (χ3v) is 4.22. The van der Waals surface area contributed by atoms with Crippen molar-refractivity contribution in [2.45, 2.75) is 25.1 Å². The lowest BCUT2D eigenvalue weighted by molar-refractivity contribution is 0.351. The highest BCUT2D eigenvalue weighted by Crippen LogP contribution is 2.22. The van der Waals surface area contributed by atoms with E-state index in [1.165, 1.54) is 10.9 Å². The van der Waals surface area contributed by atoms with Gasteiger partial charge in [0.15, 0.2) is 5.82 Å². The van der Waals surface area contributed by atoms with Gasteiger partial charge in [0, 0.05) is 17.1 Å². The van der Waals surface area contributed by atoms with E-state index < -0.39 is 0 Å². The lowest BCUT2D eigenvalue weighted by Crippen LogP contribution is -2.13. The number of aromatic nitrogens is 3. The van der Waals surface area contributed by atoms with Crippen LogP contribution in [0.2, 0.25) is 0 Å². The second-order valence-electron chi connectivity index (χ2n) is 4.86. The largest absolute Gasteiger partial charge is 0.361 e. The Balaban J connectivity index is 1.73. The summed E-state index contributed by atoms with van der Waals surface area (Å²) < 4.78 is 5.27. The van der Waals surface area contributed by atoms with E-state index >= 15 is 0 Å². The first-order valence-electron chi connectivity index (χ1n) is 6.98. The van der Waals surface area contributed by atoms with E-state index in [2.05, 4.69) is 34.2 Å². The number of fused-ring (bicyclic) bond motifs is 1. The molecule has 0 bridgehead atoms. The minimum absolute atomic E-state index is 0.280. The predicted molar refractivity (Wildman–Crippen MR) is 85.1 cm³/mol. The number of nitrogens with one attached hydrogen (secondary N) is 1. The van der Waals surface area contributed by atoms with Crippen LogP contribution in [-0.2, 0) is 12.2 Å². The molecule has 3 N–H and O–H groups in total. The van der Waals surface area contributed by atoms with Crippen LogP contribution in [0.15, 0.2) is 35.0 Å². The number of para-hydroxylation sites is 1. The average molecular weight is 302 g/mol. The molecule has 0 saturated heterocycles. The number of nitrogens with two attached hydrogens (primary N) is 1. The standard InChI is InChI=1S/C15H18N4OS/c1-2-21-9-14-18-15(20-19-14)12(16)7-10-8-17-13-6-4-3-5-11(10)13/h3-6,8,12,17H,2,7,9,16H2,1H3/t12-/m0/s1. The number of H-pyrrole nitrogens is 1. The molecule has 5 nitrogen and oxygen atoms in total. The van der Waals surface area contributed by atoms with Gasteiger partial charge < -0.3 is 15.2 Å². The second kappa shape index (κ2) is 6.32. The van der Waals surface area contributed by atoms with Crippen molar-refractivity contribution in [1.29, 1.82) is 0 Å². The predicted octanol–water partition coefficient (Wildman–Crippen LogP) is 3.05. The minimum atomic E-state index is -0.280. The highest BCUT2D eigenvalue weighted by Gasteiger charge is 2.17. The van der Waals surface area contributed by atoms with Crippen LogP contribution in [0.5, 0.6) is 0 Å². The van der Waals surface area contributed by atoms with Crippen molar-refractivity contribution in [2.24, 2.45) is 5.73 Å². The van der Waals surface area contributed by atoms with Crippen molar-refractivity contribution in [3.05, 3.63) is 47.7 Å². The molecule has 2 heterocycles. The van der Waals surface area contributed by atoms with E-state index in [9.17, 15) is 0 Å². The molecule has 1 atom stereocenters. The van der Waals surface area contributed by atoms with Crippen molar-refractivity contribution in [3.63, 3.8) is 0 Å². The highest BCUT2D eigenvalue weighted by atomic mass is 32.2. The molecule has 2 aromatic heterocycles. The molecular weight excluding hydrogens is 284 g/mol. The number of nitrogens with zero attached hydrogens (tertiary/aromatic N) is 2. The Kier molecular flexibility index (Phi) is 4.26. The van der Waals surface area contributed by atoms with Crippen LogP contribution >= 0.6 is 11.8 Å². The highest BCUT2D eigenvalue weighted by molar-refractivity contribution is 7.98. The molecule has 0 aliphatic heterocycles. The number of hydrogen-bond donors (Lipinski definition) is 2. The van der Waals surface area contributed by atoms with Gasteiger partial charge in [-0.2, -0.15) is 16.7 Å². The first-order valence-corrected chi connectivity index (χ1v) is 8.14. The summed E-state index contributed by atoms with van der Waals surface area (Å²) in [5.74, 6) is 3.02. The topological polar surface area (TPSA) is 80.7 Å². The number of thioether (sulfide) groups is 1. The Bertz CT molecular complexity index is 721. The molecular formula is C15H18N4OS. The van der Waals surface area contributed by atoms with Crippen molar-refractivity contribution >= 4 is 22.7 Å². The number of benzene rings is 1. The zero-order chi connectivity index (χ0) is 14.7. The summed E-state index contributed by atoms with van der Waals surface area (Å²) in [4.78, 5) is 7.63. The molecule has 0 radical (unpaired) electrons. The summed E-state index contributed by atoms with van der Waals surface area (Å²) >= 11 is 1.76. The molecule has 0 aliphatic carbocycles. The molecule has 3 aromatic rings. The fourth-order valence-electron chi connectivity index (χ4n) is 2.29. The third kappa shape index (κ3) is 3.11. The van der Waals surface area contributed by atoms with Crippen molar-refractivity contribution < 1.29 is 4.52 Å². The molecule has 0 saturated carbocycles. The van der Waals surface area contributed by atoms with Crippen LogP contribution in [0.3, 0.4) is 0 Å². The van der Waals surface area contributed by atoms with Gasteiger partial charge in [-0.1, -0.05) is 30.3 Å². The van der Waals surface area contributed by atoms with Gasteiger partial charge in [-0.25, -0.2) is 0 Å². The van der Waals surface area contributed by atoms with Crippen LogP contribution in [0.1, 0.15) is 30.2 Å². The minimum Gasteiger partial charge on any atom is -0.361 e. The molecule has 0 unspecified atom stereocenters. The summed E-state index contributed by atoms with van der Waals surface area (Å²) in [6.07, 6.45) is 2.67. The molecule has 1 aromatic carbocycles. The zero-order valence-corrected chi connectivity index (χ0v) is 12.7. The quantitative estimate of drug-likeness (QED) is 0.731. The van der Waals surface area contributed by atoms with E-state index in [0.29, 0.717) is 18.1 Å². The summed E-state index contributed by atoms with van der Waals surface area (Å²) in [6.45, 7) is 2.11. The maximum atomic E-state index is 6.20. The first-order chi connectivity index (χ1) is 10.3. The molecule has 0 fully saturated rings. The molecule has 6 heteroatoms. The summed E-state index contributed by atoms with van der Waals surface area (Å²) in [5, 5.41) is 5.16. The summed E-state index contributed by atoms with van der Waals surface area (Å²) in [7, 11) is 0. The summed E-state index contributed by atoms with van der Waals surface area (Å²) in [5.41, 5.74) is 8.49. The van der Waals surface area contributed by atoms with E-state index in [4.69, 9.17) is 10.3 Å². The third-order valence-electron chi connectivity index (χ3n) is 3.35. The van der Waals surface area contributed by atoms with Gasteiger partial charge >= 0.3 is 0 Å². The SMILES string of the molecule is CCSCc1noc([C@@H](N)Cc2c[nH]c3ccccc23)n1. The lowest BCUT2D eigenvalue weighted by atomic mass is 10.1. The van der Waals surface area contributed by atoms with Gasteiger partial charge in [-0.3, -0.25) is 0 Å². The Labute approximate surface area is 127 Å². The molecule has 0 amide bonds. The molecule has 0 spiro atoms. The number of aromatic amines is 1. The second-order valence-corrected chi connectivity index (χ2v) is 6.13. The van der Waals surface area contributed by atoms with Crippen LogP contribution in [0, 0.1) is 0 Å². The van der Waals surface area contributed by atoms with Gasteiger partial charge in [-0.15, -0.1) is 0 Å². The lowest BCUT2D eigenvalue weighted by Gasteiger charge is -2.05. The fraction of sp³-hybridized carbons (Fsp3) is 0.333. The van der Waals surface area contributed by atoms with Crippen molar-refractivity contribution in [2.75, 3.05) is 5.75 Å². The number of hydrogen-bond acceptors (Lipinski definition) is 5. The Morgan fingerprint density at radius 2 is 2.24 bits per heavy atom. The monoisotopic (exact) mass is 302 g/mol. The van der Waals surface area contributed by atoms with Gasteiger partial charge in [0.25, 0.3) is 0 Å². The van der Waals surface area contributed by atoms with E-state index in [1.54, 1.807) is 11.8 Å². The van der Waals surface area contributed by atoms with E-state index in [1.807, 2.05) is 18.3 Å². The molecule has 21 heavy (non-hydrogen) atoms. The van der Waals surface area contributed by atoms with E-state index in [0.717, 1.165) is 17.0 Å². The van der Waals surface area contributed by atoms with Crippen LogP contribution in [0.25, 0.3) is 10.9 Å². The Morgan fingerprint density at radius 1 is 1.38 bits per heavy atom. The fourth-order valence-corrected chi connectivity index (χ4v) is 2.80. The molecule has 3 rings (SSSR count). The first kappa shape index (κ1) is 14.2. The average Bonchev–Trinajstić information content (AvgIpc) is 3.13. The van der Waals surface area contributed by atoms with Crippen molar-refractivity contribution in [3.8, 4) is 0 Å². The Morgan fingerprint density at radius 3 is 3.10 bits per heavy atom. The van der Waals surface area contributed by atoms with Crippen LogP contribution in [-0.4, -0.2) is 20.9 Å². The van der Waals surface area contributed by atoms with Gasteiger partial charge in [0.1, 0.15) is 0 Å². The molecule has 110 valence electrons. The number of rotatable bonds is 6. The smallest absolute Gasteiger partial charge is 0.243 e. The summed E-state index contributed by atoms with van der Waals surface area (Å²) in [6, 6.07) is 7.90. The van der Waals surface area contributed by atoms with Gasteiger partial charge in [-0.05, 0) is 23.8 Å². The van der Waals surface area contributed by atoms with Crippen LogP contribution in [0.4, 0.5) is 0 Å². The van der Waals surface area contributed by atoms with Gasteiger partial charge in [0.2, 0.25) is 5.89 Å². The van der Waals surface area contributed by atoms with Gasteiger partial charge in [0.05, 0.1) is 11.8 Å². The maximum Gasteiger partial charge on any atom is 0.243 e. The maximum absolute atomic E-state index is 6.20. The molecule has 0 aliphatic rings. The normalized spacial score (nSPS) is 12.9.